The standard InChI is InChI=1S/C14H18O4/c1-9-6-11-12(18-5-4-17-11)7-10(9)14(2,3)8-13(15)16/h6-7H,4-5,8H2,1-3H3,(H,15,16). The number of carboxylic acids is 1. The Morgan fingerprint density at radius 2 is 1.83 bits per heavy atom. The number of rotatable bonds is 3. The summed E-state index contributed by atoms with van der Waals surface area (Å²) in [5.41, 5.74) is 1.60. The average molecular weight is 250 g/mol. The highest BCUT2D eigenvalue weighted by Gasteiger charge is 2.28. The highest BCUT2D eigenvalue weighted by atomic mass is 16.6. The van der Waals surface area contributed by atoms with E-state index in [-0.39, 0.29) is 6.42 Å². The molecule has 1 aromatic carbocycles. The zero-order valence-electron chi connectivity index (χ0n) is 10.9. The molecule has 18 heavy (non-hydrogen) atoms. The number of hydrogen-bond donors (Lipinski definition) is 1. The van der Waals surface area contributed by atoms with Crippen LogP contribution in [0.1, 0.15) is 31.4 Å². The molecule has 1 N–H and O–H groups in total. The Balaban J connectivity index is 2.41. The van der Waals surface area contributed by atoms with Gasteiger partial charge in [0, 0.05) is 5.41 Å². The average Bonchev–Trinajstić information content (AvgIpc) is 2.26. The van der Waals surface area contributed by atoms with Gasteiger partial charge in [-0.1, -0.05) is 13.8 Å². The van der Waals surface area contributed by atoms with E-state index < -0.39 is 11.4 Å². The second-order valence-electron chi connectivity index (χ2n) is 5.27. The van der Waals surface area contributed by atoms with Crippen molar-refractivity contribution in [2.45, 2.75) is 32.6 Å². The Hall–Kier alpha value is -1.71. The quantitative estimate of drug-likeness (QED) is 0.895. The Kier molecular flexibility index (Phi) is 3.20. The highest BCUT2D eigenvalue weighted by Crippen LogP contribution is 2.38. The number of carbonyl (C=O) groups is 1. The van der Waals surface area contributed by atoms with E-state index >= 15 is 0 Å². The molecule has 1 aliphatic rings. The zero-order chi connectivity index (χ0) is 13.3. The number of fused-ring (bicyclic) bond motifs is 1. The number of benzene rings is 1. The number of aryl methyl sites for hydroxylation is 1. The summed E-state index contributed by atoms with van der Waals surface area (Å²) in [6.07, 6.45) is 0.0908. The van der Waals surface area contributed by atoms with Gasteiger partial charge in [0.05, 0.1) is 6.42 Å². The van der Waals surface area contributed by atoms with Crippen LogP contribution in [0, 0.1) is 6.92 Å². The van der Waals surface area contributed by atoms with Gasteiger partial charge in [-0.05, 0) is 30.2 Å². The molecule has 0 saturated heterocycles. The summed E-state index contributed by atoms with van der Waals surface area (Å²) in [6.45, 7) is 6.93. The van der Waals surface area contributed by atoms with E-state index in [4.69, 9.17) is 14.6 Å². The Morgan fingerprint density at radius 1 is 1.28 bits per heavy atom. The Labute approximate surface area is 107 Å². The summed E-state index contributed by atoms with van der Waals surface area (Å²) >= 11 is 0. The maximum absolute atomic E-state index is 10.9. The Morgan fingerprint density at radius 3 is 2.39 bits per heavy atom. The molecular formula is C14H18O4. The first kappa shape index (κ1) is 12.7. The van der Waals surface area contributed by atoms with Crippen molar-refractivity contribution in [3.05, 3.63) is 23.3 Å². The molecular weight excluding hydrogens is 232 g/mol. The van der Waals surface area contributed by atoms with Crippen LogP contribution in [0.4, 0.5) is 0 Å². The van der Waals surface area contributed by atoms with Crippen molar-refractivity contribution in [3.63, 3.8) is 0 Å². The molecule has 4 nitrogen and oxygen atoms in total. The van der Waals surface area contributed by atoms with Crippen molar-refractivity contribution < 1.29 is 19.4 Å². The van der Waals surface area contributed by atoms with Crippen LogP contribution in [0.3, 0.4) is 0 Å². The second kappa shape index (κ2) is 4.52. The summed E-state index contributed by atoms with van der Waals surface area (Å²) < 4.78 is 11.1. The molecule has 0 fully saturated rings. The van der Waals surface area contributed by atoms with Crippen LogP contribution in [0.25, 0.3) is 0 Å². The lowest BCUT2D eigenvalue weighted by Gasteiger charge is -2.28. The molecule has 98 valence electrons. The van der Waals surface area contributed by atoms with E-state index in [1.807, 2.05) is 32.9 Å². The van der Waals surface area contributed by atoms with Crippen LogP contribution in [0.5, 0.6) is 11.5 Å². The number of ether oxygens (including phenoxy) is 2. The molecule has 0 radical (unpaired) electrons. The Bertz CT molecular complexity index is 477. The van der Waals surface area contributed by atoms with Gasteiger partial charge in [-0.15, -0.1) is 0 Å². The maximum Gasteiger partial charge on any atom is 0.304 e. The van der Waals surface area contributed by atoms with E-state index in [0.717, 1.165) is 16.9 Å². The van der Waals surface area contributed by atoms with Crippen LogP contribution in [-0.2, 0) is 10.2 Å². The summed E-state index contributed by atoms with van der Waals surface area (Å²) in [5.74, 6) is 0.656. The monoisotopic (exact) mass is 250 g/mol. The van der Waals surface area contributed by atoms with E-state index in [1.54, 1.807) is 0 Å². The first-order valence-electron chi connectivity index (χ1n) is 6.03. The SMILES string of the molecule is Cc1cc2c(cc1C(C)(C)CC(=O)O)OCCO2. The molecule has 0 bridgehead atoms. The largest absolute Gasteiger partial charge is 0.486 e. The molecule has 1 aromatic rings. The normalized spacial score (nSPS) is 14.4. The second-order valence-corrected chi connectivity index (χ2v) is 5.27. The van der Waals surface area contributed by atoms with Gasteiger partial charge < -0.3 is 14.6 Å². The molecule has 0 spiro atoms. The minimum absolute atomic E-state index is 0.0908. The molecule has 1 heterocycles. The van der Waals surface area contributed by atoms with E-state index in [1.165, 1.54) is 0 Å². The molecule has 0 amide bonds. The third-order valence-corrected chi connectivity index (χ3v) is 3.21. The molecule has 2 rings (SSSR count). The van der Waals surface area contributed by atoms with Gasteiger partial charge in [0.15, 0.2) is 11.5 Å². The van der Waals surface area contributed by atoms with Crippen molar-refractivity contribution in [2.75, 3.05) is 13.2 Å². The van der Waals surface area contributed by atoms with E-state index in [2.05, 4.69) is 0 Å². The summed E-state index contributed by atoms with van der Waals surface area (Å²) in [7, 11) is 0. The van der Waals surface area contributed by atoms with Gasteiger partial charge >= 0.3 is 5.97 Å². The molecule has 0 atom stereocenters. The molecule has 0 saturated carbocycles. The zero-order valence-corrected chi connectivity index (χ0v) is 10.9. The van der Waals surface area contributed by atoms with Crippen molar-refractivity contribution >= 4 is 5.97 Å². The van der Waals surface area contributed by atoms with Gasteiger partial charge in [-0.3, -0.25) is 4.79 Å². The van der Waals surface area contributed by atoms with Gasteiger partial charge in [0.2, 0.25) is 0 Å². The lowest BCUT2D eigenvalue weighted by Crippen LogP contribution is -2.24. The van der Waals surface area contributed by atoms with Gasteiger partial charge in [-0.25, -0.2) is 0 Å². The highest BCUT2D eigenvalue weighted by molar-refractivity contribution is 5.69. The lowest BCUT2D eigenvalue weighted by atomic mass is 9.79. The lowest BCUT2D eigenvalue weighted by molar-refractivity contribution is -0.138. The number of hydrogen-bond acceptors (Lipinski definition) is 3. The van der Waals surface area contributed by atoms with Crippen molar-refractivity contribution in [2.24, 2.45) is 0 Å². The van der Waals surface area contributed by atoms with Crippen LogP contribution in [-0.4, -0.2) is 24.3 Å². The smallest absolute Gasteiger partial charge is 0.304 e. The molecule has 0 aliphatic carbocycles. The topological polar surface area (TPSA) is 55.8 Å². The molecule has 1 aliphatic heterocycles. The van der Waals surface area contributed by atoms with Crippen LogP contribution >= 0.6 is 0 Å². The number of carboxylic acid groups (broad SMARTS) is 1. The summed E-state index contributed by atoms with van der Waals surface area (Å²) in [6, 6.07) is 3.83. The van der Waals surface area contributed by atoms with Gasteiger partial charge in [0.1, 0.15) is 13.2 Å². The maximum atomic E-state index is 10.9. The van der Waals surface area contributed by atoms with Crippen LogP contribution in [0.15, 0.2) is 12.1 Å². The van der Waals surface area contributed by atoms with E-state index in [0.29, 0.717) is 19.0 Å². The first-order chi connectivity index (χ1) is 8.40. The third kappa shape index (κ3) is 2.42. The fraction of sp³-hybridized carbons (Fsp3) is 0.500. The fourth-order valence-electron chi connectivity index (χ4n) is 2.39. The summed E-state index contributed by atoms with van der Waals surface area (Å²) in [4.78, 5) is 10.9. The minimum atomic E-state index is -0.797. The van der Waals surface area contributed by atoms with Crippen molar-refractivity contribution in [1.82, 2.24) is 0 Å². The van der Waals surface area contributed by atoms with Gasteiger partial charge in [0.25, 0.3) is 0 Å². The summed E-state index contributed by atoms with van der Waals surface area (Å²) in [5, 5.41) is 8.98. The molecule has 0 unspecified atom stereocenters. The molecule has 0 aromatic heterocycles. The predicted molar refractivity (Wildman–Crippen MR) is 67.4 cm³/mol. The molecule has 4 heteroatoms. The number of aliphatic carboxylic acids is 1. The van der Waals surface area contributed by atoms with E-state index in [9.17, 15) is 4.79 Å². The fourth-order valence-corrected chi connectivity index (χ4v) is 2.39. The third-order valence-electron chi connectivity index (χ3n) is 3.21. The van der Waals surface area contributed by atoms with Crippen molar-refractivity contribution in [3.8, 4) is 11.5 Å². The predicted octanol–water partition coefficient (Wildman–Crippen LogP) is 2.52. The minimum Gasteiger partial charge on any atom is -0.486 e. The van der Waals surface area contributed by atoms with Crippen LogP contribution < -0.4 is 9.47 Å². The van der Waals surface area contributed by atoms with Crippen molar-refractivity contribution in [1.29, 1.82) is 0 Å². The van der Waals surface area contributed by atoms with Gasteiger partial charge in [-0.2, -0.15) is 0 Å². The van der Waals surface area contributed by atoms with Crippen LogP contribution in [0.2, 0.25) is 0 Å². The first-order valence-corrected chi connectivity index (χ1v) is 6.03.